The van der Waals surface area contributed by atoms with Gasteiger partial charge in [0.05, 0.1) is 11.3 Å². The minimum atomic E-state index is -4.64. The van der Waals surface area contributed by atoms with Crippen molar-refractivity contribution in [2.75, 3.05) is 22.7 Å². The molecule has 0 saturated carbocycles. The Kier molecular flexibility index (Phi) is 5.34. The molecule has 0 radical (unpaired) electrons. The summed E-state index contributed by atoms with van der Waals surface area (Å²) < 4.78 is 68.6. The predicted molar refractivity (Wildman–Crippen MR) is 111 cm³/mol. The lowest BCUT2D eigenvalue weighted by atomic mass is 10.0. The number of benzene rings is 1. The SMILES string of the molecule is Cc1ccccc1-c1nc(NS(=O)(=O)c2cccc(N3CCC3)n2)ccc1C(F)(F)F. The second-order valence-electron chi connectivity index (χ2n) is 7.19. The van der Waals surface area contributed by atoms with Crippen LogP contribution in [0.4, 0.5) is 24.8 Å². The quantitative estimate of drug-likeness (QED) is 0.623. The zero-order chi connectivity index (χ0) is 22.2. The van der Waals surface area contributed by atoms with E-state index in [4.69, 9.17) is 0 Å². The molecule has 31 heavy (non-hydrogen) atoms. The van der Waals surface area contributed by atoms with Crippen molar-refractivity contribution in [3.63, 3.8) is 0 Å². The van der Waals surface area contributed by atoms with E-state index in [-0.39, 0.29) is 22.1 Å². The first-order chi connectivity index (χ1) is 14.6. The first-order valence-electron chi connectivity index (χ1n) is 9.54. The molecule has 0 atom stereocenters. The average Bonchev–Trinajstić information content (AvgIpc) is 2.66. The lowest BCUT2D eigenvalue weighted by Crippen LogP contribution is -2.37. The van der Waals surface area contributed by atoms with E-state index in [0.29, 0.717) is 11.4 Å². The van der Waals surface area contributed by atoms with Gasteiger partial charge >= 0.3 is 6.18 Å². The monoisotopic (exact) mass is 448 g/mol. The van der Waals surface area contributed by atoms with Crippen molar-refractivity contribution in [2.45, 2.75) is 24.5 Å². The van der Waals surface area contributed by atoms with Gasteiger partial charge in [-0.05, 0) is 43.2 Å². The molecule has 162 valence electrons. The summed E-state index contributed by atoms with van der Waals surface area (Å²) >= 11 is 0. The van der Waals surface area contributed by atoms with Crippen LogP contribution < -0.4 is 9.62 Å². The van der Waals surface area contributed by atoms with E-state index >= 15 is 0 Å². The highest BCUT2D eigenvalue weighted by atomic mass is 32.2. The molecule has 0 aliphatic carbocycles. The molecule has 3 aromatic rings. The van der Waals surface area contributed by atoms with Crippen LogP contribution in [0.15, 0.2) is 59.6 Å². The number of hydrogen-bond donors (Lipinski definition) is 1. The smallest absolute Gasteiger partial charge is 0.356 e. The summed E-state index contributed by atoms with van der Waals surface area (Å²) in [6, 6.07) is 12.9. The van der Waals surface area contributed by atoms with Crippen molar-refractivity contribution < 1.29 is 21.6 Å². The van der Waals surface area contributed by atoms with Crippen LogP contribution in [-0.2, 0) is 16.2 Å². The number of aryl methyl sites for hydroxylation is 1. The van der Waals surface area contributed by atoms with E-state index in [0.717, 1.165) is 31.6 Å². The summed E-state index contributed by atoms with van der Waals surface area (Å²) in [4.78, 5) is 10.1. The molecule has 4 rings (SSSR count). The first kappa shape index (κ1) is 21.1. The van der Waals surface area contributed by atoms with E-state index in [1.165, 1.54) is 12.1 Å². The van der Waals surface area contributed by atoms with Crippen molar-refractivity contribution in [3.05, 3.63) is 65.7 Å². The molecule has 0 amide bonds. The molecule has 0 spiro atoms. The van der Waals surface area contributed by atoms with Crippen LogP contribution in [0.5, 0.6) is 0 Å². The summed E-state index contributed by atoms with van der Waals surface area (Å²) in [6.07, 6.45) is -3.64. The summed E-state index contributed by atoms with van der Waals surface area (Å²) in [5, 5.41) is -0.226. The molecule has 3 heterocycles. The second-order valence-corrected chi connectivity index (χ2v) is 8.81. The van der Waals surface area contributed by atoms with Crippen LogP contribution in [0.1, 0.15) is 17.5 Å². The van der Waals surface area contributed by atoms with Gasteiger partial charge in [0, 0.05) is 18.7 Å². The molecule has 1 N–H and O–H groups in total. The van der Waals surface area contributed by atoms with Gasteiger partial charge in [0.2, 0.25) is 0 Å². The van der Waals surface area contributed by atoms with Gasteiger partial charge < -0.3 is 4.90 Å². The lowest BCUT2D eigenvalue weighted by Gasteiger charge is -2.32. The molecule has 0 unspecified atom stereocenters. The maximum absolute atomic E-state index is 13.6. The Morgan fingerprint density at radius 1 is 0.968 bits per heavy atom. The molecule has 1 aromatic carbocycles. The maximum atomic E-state index is 13.6. The van der Waals surface area contributed by atoms with E-state index in [1.807, 2.05) is 4.90 Å². The van der Waals surface area contributed by atoms with Crippen molar-refractivity contribution in [1.29, 1.82) is 0 Å². The highest BCUT2D eigenvalue weighted by Gasteiger charge is 2.35. The summed E-state index contributed by atoms with van der Waals surface area (Å²) in [5.41, 5.74) is -0.422. The van der Waals surface area contributed by atoms with Gasteiger partial charge in [-0.1, -0.05) is 30.3 Å². The third kappa shape index (κ3) is 4.34. The predicted octanol–water partition coefficient (Wildman–Crippen LogP) is 4.48. The van der Waals surface area contributed by atoms with Gasteiger partial charge in [-0.3, -0.25) is 4.72 Å². The zero-order valence-corrected chi connectivity index (χ0v) is 17.3. The summed E-state index contributed by atoms with van der Waals surface area (Å²) in [7, 11) is -4.14. The Morgan fingerprint density at radius 3 is 2.35 bits per heavy atom. The number of aromatic nitrogens is 2. The molecule has 2 aromatic heterocycles. The van der Waals surface area contributed by atoms with Crippen LogP contribution in [0, 0.1) is 6.92 Å². The molecule has 1 aliphatic heterocycles. The largest absolute Gasteiger partial charge is 0.418 e. The average molecular weight is 448 g/mol. The van der Waals surface area contributed by atoms with Crippen molar-refractivity contribution >= 4 is 21.7 Å². The number of sulfonamides is 1. The maximum Gasteiger partial charge on any atom is 0.418 e. The van der Waals surface area contributed by atoms with Gasteiger partial charge in [-0.2, -0.15) is 21.6 Å². The minimum absolute atomic E-state index is 0.220. The summed E-state index contributed by atoms with van der Waals surface area (Å²) in [6.45, 7) is 3.26. The Hall–Kier alpha value is -3.14. The molecular weight excluding hydrogens is 429 g/mol. The number of anilines is 2. The van der Waals surface area contributed by atoms with E-state index in [9.17, 15) is 21.6 Å². The number of halogens is 3. The van der Waals surface area contributed by atoms with Crippen molar-refractivity contribution in [3.8, 4) is 11.3 Å². The van der Waals surface area contributed by atoms with E-state index < -0.39 is 21.8 Å². The third-order valence-corrected chi connectivity index (χ3v) is 6.26. The second kappa shape index (κ2) is 7.84. The van der Waals surface area contributed by atoms with Crippen LogP contribution in [-0.4, -0.2) is 31.5 Å². The standard InChI is InChI=1S/C21H19F3N4O2S/c1-14-6-2-3-7-15(14)20-16(21(22,23)24)10-11-17(25-20)27-31(29,30)19-9-4-8-18(26-19)28-12-5-13-28/h2-4,6-11H,5,12-13H2,1H3,(H,25,27). The topological polar surface area (TPSA) is 75.2 Å². The van der Waals surface area contributed by atoms with E-state index in [1.54, 1.807) is 37.3 Å². The van der Waals surface area contributed by atoms with Gasteiger partial charge in [0.15, 0.2) is 5.03 Å². The van der Waals surface area contributed by atoms with Crippen LogP contribution in [0.3, 0.4) is 0 Å². The fraction of sp³-hybridized carbons (Fsp3) is 0.238. The number of nitrogens with zero attached hydrogens (tertiary/aromatic N) is 3. The fourth-order valence-corrected chi connectivity index (χ4v) is 4.22. The Morgan fingerprint density at radius 2 is 1.71 bits per heavy atom. The van der Waals surface area contributed by atoms with Gasteiger partial charge in [-0.25, -0.2) is 9.97 Å². The van der Waals surface area contributed by atoms with E-state index in [2.05, 4.69) is 14.7 Å². The lowest BCUT2D eigenvalue weighted by molar-refractivity contribution is -0.137. The van der Waals surface area contributed by atoms with Gasteiger partial charge in [0.25, 0.3) is 10.0 Å². The van der Waals surface area contributed by atoms with Crippen LogP contribution >= 0.6 is 0 Å². The molecular formula is C21H19F3N4O2S. The minimum Gasteiger partial charge on any atom is -0.356 e. The molecule has 0 bridgehead atoms. The molecule has 6 nitrogen and oxygen atoms in total. The number of alkyl halides is 3. The molecule has 10 heteroatoms. The number of hydrogen-bond acceptors (Lipinski definition) is 5. The molecule has 1 fully saturated rings. The molecule has 1 saturated heterocycles. The van der Waals surface area contributed by atoms with Crippen LogP contribution in [0.2, 0.25) is 0 Å². The highest BCUT2D eigenvalue weighted by Crippen LogP contribution is 2.38. The highest BCUT2D eigenvalue weighted by molar-refractivity contribution is 7.92. The van der Waals surface area contributed by atoms with Gasteiger partial charge in [0.1, 0.15) is 11.6 Å². The number of nitrogens with one attached hydrogen (secondary N) is 1. The molecule has 1 aliphatic rings. The Labute approximate surface area is 177 Å². The Bertz CT molecular complexity index is 1230. The fourth-order valence-electron chi connectivity index (χ4n) is 3.25. The zero-order valence-electron chi connectivity index (χ0n) is 16.5. The first-order valence-corrected chi connectivity index (χ1v) is 11.0. The third-order valence-electron chi connectivity index (χ3n) is 5.00. The Balaban J connectivity index is 1.72. The van der Waals surface area contributed by atoms with Crippen molar-refractivity contribution in [2.24, 2.45) is 0 Å². The number of rotatable bonds is 5. The number of pyridine rings is 2. The van der Waals surface area contributed by atoms with Crippen molar-refractivity contribution in [1.82, 2.24) is 9.97 Å². The summed E-state index contributed by atoms with van der Waals surface area (Å²) in [5.74, 6) is 0.317. The normalized spacial score (nSPS) is 14.3. The van der Waals surface area contributed by atoms with Crippen LogP contribution in [0.25, 0.3) is 11.3 Å². The van der Waals surface area contributed by atoms with Gasteiger partial charge in [-0.15, -0.1) is 0 Å².